The van der Waals surface area contributed by atoms with Crippen LogP contribution in [-0.4, -0.2) is 4.98 Å². The maximum atomic E-state index is 11.2. The molecule has 1 fully saturated rings. The molecule has 3 nitrogen and oxygen atoms in total. The monoisotopic (exact) mass is 302 g/mol. The SMILES string of the molecule is O=c1[nH]c(CNC(c2ccccc2)C2CCCCC2)cs1. The van der Waals surface area contributed by atoms with Crippen LogP contribution in [0.5, 0.6) is 0 Å². The van der Waals surface area contributed by atoms with Crippen LogP contribution in [0.2, 0.25) is 0 Å². The Bertz CT molecular complexity index is 599. The smallest absolute Gasteiger partial charge is 0.304 e. The molecule has 0 radical (unpaired) electrons. The fraction of sp³-hybridized carbons (Fsp3) is 0.471. The van der Waals surface area contributed by atoms with Crippen molar-refractivity contribution in [3.63, 3.8) is 0 Å². The highest BCUT2D eigenvalue weighted by molar-refractivity contribution is 7.07. The van der Waals surface area contributed by atoms with Gasteiger partial charge in [-0.1, -0.05) is 60.9 Å². The van der Waals surface area contributed by atoms with Crippen LogP contribution in [0.4, 0.5) is 0 Å². The van der Waals surface area contributed by atoms with Crippen LogP contribution in [0, 0.1) is 5.92 Å². The lowest BCUT2D eigenvalue weighted by atomic mass is 9.81. The van der Waals surface area contributed by atoms with Crippen molar-refractivity contribution in [2.24, 2.45) is 5.92 Å². The molecule has 0 aliphatic heterocycles. The van der Waals surface area contributed by atoms with Crippen molar-refractivity contribution in [2.75, 3.05) is 0 Å². The van der Waals surface area contributed by atoms with Crippen molar-refractivity contribution in [1.29, 1.82) is 0 Å². The van der Waals surface area contributed by atoms with Gasteiger partial charge in [0, 0.05) is 23.7 Å². The van der Waals surface area contributed by atoms with Crippen molar-refractivity contribution in [3.05, 3.63) is 56.6 Å². The molecule has 1 atom stereocenters. The average Bonchev–Trinajstić information content (AvgIpc) is 2.95. The average molecular weight is 302 g/mol. The van der Waals surface area contributed by atoms with Crippen molar-refractivity contribution in [1.82, 2.24) is 10.3 Å². The van der Waals surface area contributed by atoms with E-state index in [9.17, 15) is 4.79 Å². The second kappa shape index (κ2) is 7.05. The van der Waals surface area contributed by atoms with Crippen LogP contribution >= 0.6 is 11.3 Å². The summed E-state index contributed by atoms with van der Waals surface area (Å²) in [7, 11) is 0. The van der Waals surface area contributed by atoms with Crippen LogP contribution in [0.1, 0.15) is 49.4 Å². The van der Waals surface area contributed by atoms with Crippen LogP contribution in [0.3, 0.4) is 0 Å². The van der Waals surface area contributed by atoms with E-state index >= 15 is 0 Å². The second-order valence-electron chi connectivity index (χ2n) is 5.84. The lowest BCUT2D eigenvalue weighted by Gasteiger charge is -2.31. The number of benzene rings is 1. The van der Waals surface area contributed by atoms with Gasteiger partial charge in [-0.2, -0.15) is 0 Å². The summed E-state index contributed by atoms with van der Waals surface area (Å²) in [6, 6.07) is 11.1. The number of hydrogen-bond donors (Lipinski definition) is 2. The molecule has 0 spiro atoms. The Labute approximate surface area is 129 Å². The summed E-state index contributed by atoms with van der Waals surface area (Å²) in [5.74, 6) is 0.700. The highest BCUT2D eigenvalue weighted by Crippen LogP contribution is 2.34. The van der Waals surface area contributed by atoms with Crippen LogP contribution in [0.25, 0.3) is 0 Å². The molecule has 21 heavy (non-hydrogen) atoms. The Hall–Kier alpha value is -1.39. The molecule has 1 unspecified atom stereocenters. The van der Waals surface area contributed by atoms with E-state index in [1.807, 2.05) is 5.38 Å². The molecule has 1 aliphatic carbocycles. The summed E-state index contributed by atoms with van der Waals surface area (Å²) in [6.45, 7) is 0.731. The fourth-order valence-electron chi connectivity index (χ4n) is 3.31. The molecule has 1 heterocycles. The minimum absolute atomic E-state index is 0.0285. The lowest BCUT2D eigenvalue weighted by molar-refractivity contribution is 0.269. The second-order valence-corrected chi connectivity index (χ2v) is 6.68. The summed E-state index contributed by atoms with van der Waals surface area (Å²) in [5, 5.41) is 5.59. The van der Waals surface area contributed by atoms with Crippen molar-refractivity contribution in [3.8, 4) is 0 Å². The summed E-state index contributed by atoms with van der Waals surface area (Å²) in [6.07, 6.45) is 6.64. The van der Waals surface area contributed by atoms with E-state index < -0.39 is 0 Å². The number of hydrogen-bond acceptors (Lipinski definition) is 3. The van der Waals surface area contributed by atoms with Gasteiger partial charge >= 0.3 is 4.87 Å². The van der Waals surface area contributed by atoms with E-state index in [-0.39, 0.29) is 4.87 Å². The molecule has 2 N–H and O–H groups in total. The Kier molecular flexibility index (Phi) is 4.88. The molecule has 0 bridgehead atoms. The molecule has 1 saturated carbocycles. The van der Waals surface area contributed by atoms with Gasteiger partial charge in [-0.15, -0.1) is 0 Å². The molecule has 1 aliphatic rings. The quantitative estimate of drug-likeness (QED) is 0.881. The third-order valence-electron chi connectivity index (χ3n) is 4.36. The summed E-state index contributed by atoms with van der Waals surface area (Å²) in [5.41, 5.74) is 2.35. The number of H-pyrrole nitrogens is 1. The highest BCUT2D eigenvalue weighted by atomic mass is 32.1. The van der Waals surface area contributed by atoms with Gasteiger partial charge in [-0.3, -0.25) is 4.79 Å². The van der Waals surface area contributed by atoms with Crippen LogP contribution in [-0.2, 0) is 6.54 Å². The predicted molar refractivity (Wildman–Crippen MR) is 87.5 cm³/mol. The Balaban J connectivity index is 1.73. The normalized spacial score (nSPS) is 17.7. The fourth-order valence-corrected chi connectivity index (χ4v) is 3.89. The molecule has 112 valence electrons. The van der Waals surface area contributed by atoms with E-state index in [0.29, 0.717) is 12.0 Å². The minimum Gasteiger partial charge on any atom is -0.315 e. The van der Waals surface area contributed by atoms with Gasteiger partial charge in [0.2, 0.25) is 0 Å². The lowest BCUT2D eigenvalue weighted by Crippen LogP contribution is -2.29. The molecule has 1 aromatic carbocycles. The van der Waals surface area contributed by atoms with Crippen molar-refractivity contribution < 1.29 is 0 Å². The van der Waals surface area contributed by atoms with Gasteiger partial charge in [0.15, 0.2) is 0 Å². The van der Waals surface area contributed by atoms with Crippen LogP contribution < -0.4 is 10.2 Å². The maximum Gasteiger partial charge on any atom is 0.304 e. The molecule has 0 saturated heterocycles. The predicted octanol–water partition coefficient (Wildman–Crippen LogP) is 3.85. The van der Waals surface area contributed by atoms with E-state index in [1.54, 1.807) is 0 Å². The number of aromatic nitrogens is 1. The zero-order valence-electron chi connectivity index (χ0n) is 12.2. The van der Waals surface area contributed by atoms with Gasteiger partial charge in [-0.25, -0.2) is 0 Å². The Morgan fingerprint density at radius 1 is 1.19 bits per heavy atom. The first-order chi connectivity index (χ1) is 10.3. The molecular weight excluding hydrogens is 280 g/mol. The molecule has 1 aromatic heterocycles. The van der Waals surface area contributed by atoms with E-state index in [0.717, 1.165) is 12.2 Å². The summed E-state index contributed by atoms with van der Waals surface area (Å²) < 4.78 is 0. The Morgan fingerprint density at radius 2 is 1.95 bits per heavy atom. The first-order valence-corrected chi connectivity index (χ1v) is 8.66. The number of nitrogens with one attached hydrogen (secondary N) is 2. The highest BCUT2D eigenvalue weighted by Gasteiger charge is 2.24. The van der Waals surface area contributed by atoms with Crippen molar-refractivity contribution >= 4 is 11.3 Å². The number of thiazole rings is 1. The maximum absolute atomic E-state index is 11.2. The molecular formula is C17H22N2OS. The molecule has 2 aromatic rings. The zero-order valence-corrected chi connectivity index (χ0v) is 13.0. The molecule has 3 rings (SSSR count). The summed E-state index contributed by atoms with van der Waals surface area (Å²) in [4.78, 5) is 14.2. The third kappa shape index (κ3) is 3.83. The Morgan fingerprint density at radius 3 is 2.62 bits per heavy atom. The van der Waals surface area contributed by atoms with Crippen LogP contribution in [0.15, 0.2) is 40.5 Å². The first-order valence-electron chi connectivity index (χ1n) is 7.78. The largest absolute Gasteiger partial charge is 0.315 e. The first kappa shape index (κ1) is 14.5. The number of aromatic amines is 1. The van der Waals surface area contributed by atoms with Crippen molar-refractivity contribution in [2.45, 2.75) is 44.7 Å². The molecule has 0 amide bonds. The third-order valence-corrected chi connectivity index (χ3v) is 5.08. The number of rotatable bonds is 5. The van der Waals surface area contributed by atoms with Gasteiger partial charge in [-0.05, 0) is 24.3 Å². The zero-order chi connectivity index (χ0) is 14.5. The topological polar surface area (TPSA) is 44.9 Å². The van der Waals surface area contributed by atoms with Gasteiger partial charge < -0.3 is 10.3 Å². The molecule has 4 heteroatoms. The van der Waals surface area contributed by atoms with E-state index in [2.05, 4.69) is 40.6 Å². The standard InChI is InChI=1S/C17H22N2OS/c20-17-19-15(12-21-17)11-18-16(13-7-3-1-4-8-13)14-9-5-2-6-10-14/h1,3-4,7-8,12,14,16,18H,2,5-6,9-11H2,(H,19,20). The van der Waals surface area contributed by atoms with E-state index in [4.69, 9.17) is 0 Å². The van der Waals surface area contributed by atoms with Gasteiger partial charge in [0.05, 0.1) is 0 Å². The minimum atomic E-state index is 0.0285. The van der Waals surface area contributed by atoms with E-state index in [1.165, 1.54) is 49.0 Å². The van der Waals surface area contributed by atoms with Gasteiger partial charge in [0.25, 0.3) is 0 Å². The van der Waals surface area contributed by atoms with Gasteiger partial charge in [0.1, 0.15) is 0 Å². The summed E-state index contributed by atoms with van der Waals surface area (Å²) >= 11 is 1.24.